The quantitative estimate of drug-likeness (QED) is 0.375. The average molecular weight is 510 g/mol. The molecule has 8 nitrogen and oxygen atoms in total. The fourth-order valence-electron chi connectivity index (χ4n) is 4.55. The van der Waals surface area contributed by atoms with Crippen LogP contribution in [0.2, 0.25) is 10.0 Å². The summed E-state index contributed by atoms with van der Waals surface area (Å²) in [5.41, 5.74) is 1.91. The lowest BCUT2D eigenvalue weighted by atomic mass is 9.93. The van der Waals surface area contributed by atoms with Crippen LogP contribution in [0.25, 0.3) is 5.69 Å². The molecule has 35 heavy (non-hydrogen) atoms. The minimum Gasteiger partial charge on any atom is -0.342 e. The van der Waals surface area contributed by atoms with Crippen LogP contribution in [0.3, 0.4) is 0 Å². The summed E-state index contributed by atoms with van der Waals surface area (Å²) in [4.78, 5) is 16.7. The zero-order valence-corrected chi connectivity index (χ0v) is 20.8. The van der Waals surface area contributed by atoms with Crippen LogP contribution in [-0.4, -0.2) is 53.7 Å². The fourth-order valence-corrected chi connectivity index (χ4v) is 4.80. The molecule has 10 heteroatoms. The van der Waals surface area contributed by atoms with Gasteiger partial charge in [-0.25, -0.2) is 0 Å². The SMILES string of the molecule is CC(C(=O)N1CCC(c2nnc(Cn3nccn3)n2-c2ccc(Cl)cc2)CC1)c1ccc(Cl)cc1. The highest BCUT2D eigenvalue weighted by Crippen LogP contribution is 2.31. The van der Waals surface area contributed by atoms with Gasteiger partial charge in [-0.15, -0.1) is 10.2 Å². The van der Waals surface area contributed by atoms with E-state index in [-0.39, 0.29) is 17.7 Å². The Kier molecular flexibility index (Phi) is 6.83. The van der Waals surface area contributed by atoms with Crippen LogP contribution in [0.4, 0.5) is 0 Å². The molecule has 0 aliphatic carbocycles. The van der Waals surface area contributed by atoms with Gasteiger partial charge in [-0.2, -0.15) is 15.0 Å². The molecule has 3 heterocycles. The lowest BCUT2D eigenvalue weighted by molar-refractivity contribution is -0.133. The van der Waals surface area contributed by atoms with Gasteiger partial charge in [-0.05, 0) is 61.7 Å². The molecule has 1 fully saturated rings. The van der Waals surface area contributed by atoms with E-state index in [1.807, 2.05) is 60.4 Å². The third-order valence-corrected chi connectivity index (χ3v) is 7.01. The topological polar surface area (TPSA) is 81.7 Å². The van der Waals surface area contributed by atoms with Gasteiger partial charge in [0, 0.05) is 34.7 Å². The summed E-state index contributed by atoms with van der Waals surface area (Å²) in [7, 11) is 0. The van der Waals surface area contributed by atoms with E-state index in [0.29, 0.717) is 29.7 Å². The summed E-state index contributed by atoms with van der Waals surface area (Å²) in [5.74, 6) is 1.72. The Bertz CT molecular complexity index is 1280. The molecule has 0 radical (unpaired) electrons. The van der Waals surface area contributed by atoms with E-state index in [2.05, 4.69) is 25.0 Å². The molecular weight excluding hydrogens is 485 g/mol. The number of nitrogens with zero attached hydrogens (tertiary/aromatic N) is 7. The van der Waals surface area contributed by atoms with Gasteiger partial charge in [0.1, 0.15) is 12.4 Å². The second-order valence-corrected chi connectivity index (χ2v) is 9.59. The van der Waals surface area contributed by atoms with Crippen molar-refractivity contribution in [3.63, 3.8) is 0 Å². The maximum Gasteiger partial charge on any atom is 0.229 e. The van der Waals surface area contributed by atoms with Crippen LogP contribution in [0.5, 0.6) is 0 Å². The van der Waals surface area contributed by atoms with E-state index in [0.717, 1.165) is 35.7 Å². The zero-order chi connectivity index (χ0) is 24.4. The van der Waals surface area contributed by atoms with E-state index >= 15 is 0 Å². The van der Waals surface area contributed by atoms with Crippen molar-refractivity contribution in [2.45, 2.75) is 38.1 Å². The molecule has 0 saturated carbocycles. The van der Waals surface area contributed by atoms with Gasteiger partial charge in [0.05, 0.1) is 18.3 Å². The number of hydrogen-bond donors (Lipinski definition) is 0. The number of carbonyl (C=O) groups excluding carboxylic acids is 1. The van der Waals surface area contributed by atoms with E-state index < -0.39 is 0 Å². The largest absolute Gasteiger partial charge is 0.342 e. The lowest BCUT2D eigenvalue weighted by Gasteiger charge is -2.33. The first kappa shape index (κ1) is 23.5. The molecule has 2 aromatic carbocycles. The molecule has 0 spiro atoms. The molecule has 2 aromatic heterocycles. The molecule has 180 valence electrons. The zero-order valence-electron chi connectivity index (χ0n) is 19.3. The predicted molar refractivity (Wildman–Crippen MR) is 134 cm³/mol. The van der Waals surface area contributed by atoms with Crippen molar-refractivity contribution in [2.75, 3.05) is 13.1 Å². The van der Waals surface area contributed by atoms with Crippen molar-refractivity contribution >= 4 is 29.1 Å². The molecule has 1 aliphatic heterocycles. The third kappa shape index (κ3) is 5.09. The second kappa shape index (κ2) is 10.2. The number of hydrogen-bond acceptors (Lipinski definition) is 5. The summed E-state index contributed by atoms with van der Waals surface area (Å²) in [6.45, 7) is 3.69. The number of likely N-dealkylation sites (tertiary alicyclic amines) is 1. The van der Waals surface area contributed by atoms with Crippen LogP contribution in [-0.2, 0) is 11.3 Å². The van der Waals surface area contributed by atoms with Gasteiger partial charge in [0.25, 0.3) is 0 Å². The molecule has 1 amide bonds. The van der Waals surface area contributed by atoms with Crippen molar-refractivity contribution in [3.05, 3.63) is 88.2 Å². The van der Waals surface area contributed by atoms with Crippen LogP contribution in [0, 0.1) is 0 Å². The molecule has 1 unspecified atom stereocenters. The molecule has 1 atom stereocenters. The Hall–Kier alpha value is -3.23. The Morgan fingerprint density at radius 1 is 0.943 bits per heavy atom. The number of rotatable bonds is 6. The van der Waals surface area contributed by atoms with Gasteiger partial charge < -0.3 is 4.90 Å². The standard InChI is InChI=1S/C25H25Cl2N7O/c1-17(18-2-4-20(26)5-3-18)25(35)32-14-10-19(11-15-32)24-31-30-23(16-33-28-12-13-29-33)34(24)22-8-6-21(27)7-9-22/h2-9,12-13,17,19H,10-11,14-16H2,1H3. The highest BCUT2D eigenvalue weighted by atomic mass is 35.5. The van der Waals surface area contributed by atoms with Crippen LogP contribution >= 0.6 is 23.2 Å². The van der Waals surface area contributed by atoms with Gasteiger partial charge in [-0.3, -0.25) is 9.36 Å². The predicted octanol–water partition coefficient (Wildman–Crippen LogP) is 4.72. The molecule has 0 N–H and O–H groups in total. The number of halogens is 2. The summed E-state index contributed by atoms with van der Waals surface area (Å²) in [6.07, 6.45) is 4.90. The maximum absolute atomic E-state index is 13.2. The Morgan fingerprint density at radius 2 is 1.54 bits per heavy atom. The Balaban J connectivity index is 1.34. The molecule has 1 aliphatic rings. The summed E-state index contributed by atoms with van der Waals surface area (Å²) >= 11 is 12.1. The number of benzene rings is 2. The van der Waals surface area contributed by atoms with Crippen LogP contribution in [0.1, 0.15) is 48.8 Å². The second-order valence-electron chi connectivity index (χ2n) is 8.72. The average Bonchev–Trinajstić information content (AvgIpc) is 3.55. The molecule has 5 rings (SSSR count). The highest BCUT2D eigenvalue weighted by molar-refractivity contribution is 6.30. The molecule has 0 bridgehead atoms. The monoisotopic (exact) mass is 509 g/mol. The van der Waals surface area contributed by atoms with E-state index in [1.54, 1.807) is 17.2 Å². The van der Waals surface area contributed by atoms with Crippen LogP contribution in [0.15, 0.2) is 60.9 Å². The summed E-state index contributed by atoms with van der Waals surface area (Å²) in [5, 5.41) is 18.8. The highest BCUT2D eigenvalue weighted by Gasteiger charge is 2.31. The Labute approximate surface area is 213 Å². The van der Waals surface area contributed by atoms with E-state index in [9.17, 15) is 4.79 Å². The van der Waals surface area contributed by atoms with Crippen LogP contribution < -0.4 is 0 Å². The molecule has 4 aromatic rings. The first-order valence-electron chi connectivity index (χ1n) is 11.6. The van der Waals surface area contributed by atoms with Crippen molar-refractivity contribution in [2.24, 2.45) is 0 Å². The van der Waals surface area contributed by atoms with Gasteiger partial charge >= 0.3 is 0 Å². The molecular formula is C25H25Cl2N7O. The normalized spacial score (nSPS) is 15.3. The Morgan fingerprint density at radius 3 is 2.17 bits per heavy atom. The minimum atomic E-state index is -0.213. The minimum absolute atomic E-state index is 0.135. The third-order valence-electron chi connectivity index (χ3n) is 6.50. The van der Waals surface area contributed by atoms with E-state index in [1.165, 1.54) is 0 Å². The first-order chi connectivity index (χ1) is 17.0. The fraction of sp³-hybridized carbons (Fsp3) is 0.320. The van der Waals surface area contributed by atoms with Gasteiger partial charge in [-0.1, -0.05) is 35.3 Å². The summed E-state index contributed by atoms with van der Waals surface area (Å²) < 4.78 is 2.07. The van der Waals surface area contributed by atoms with Crippen molar-refractivity contribution in [1.82, 2.24) is 34.7 Å². The summed E-state index contributed by atoms with van der Waals surface area (Å²) in [6, 6.07) is 15.1. The number of amides is 1. The first-order valence-corrected chi connectivity index (χ1v) is 12.3. The molecule has 1 saturated heterocycles. The van der Waals surface area contributed by atoms with E-state index in [4.69, 9.17) is 23.2 Å². The maximum atomic E-state index is 13.2. The lowest BCUT2D eigenvalue weighted by Crippen LogP contribution is -2.40. The van der Waals surface area contributed by atoms with Crippen molar-refractivity contribution in [1.29, 1.82) is 0 Å². The smallest absolute Gasteiger partial charge is 0.229 e. The van der Waals surface area contributed by atoms with Gasteiger partial charge in [0.2, 0.25) is 5.91 Å². The number of piperidine rings is 1. The van der Waals surface area contributed by atoms with Crippen molar-refractivity contribution in [3.8, 4) is 5.69 Å². The number of aromatic nitrogens is 6. The van der Waals surface area contributed by atoms with Gasteiger partial charge in [0.15, 0.2) is 5.82 Å². The number of carbonyl (C=O) groups is 1. The van der Waals surface area contributed by atoms with Crippen molar-refractivity contribution < 1.29 is 4.79 Å².